The summed E-state index contributed by atoms with van der Waals surface area (Å²) in [5.41, 5.74) is 0.0452. The van der Waals surface area contributed by atoms with Gasteiger partial charge in [0, 0.05) is 12.6 Å². The maximum Gasteiger partial charge on any atom is 0.451 e. The Morgan fingerprint density at radius 1 is 1.19 bits per heavy atom. The maximum absolute atomic E-state index is 13.9. The Morgan fingerprint density at radius 3 is 2.54 bits per heavy atom. The van der Waals surface area contributed by atoms with Crippen LogP contribution in [0.5, 0.6) is 0 Å². The van der Waals surface area contributed by atoms with Crippen molar-refractivity contribution in [3.63, 3.8) is 0 Å². The Bertz CT molecular complexity index is 1020. The number of H-pyrrole nitrogens is 1. The van der Waals surface area contributed by atoms with Crippen LogP contribution < -0.4 is 5.49 Å². The number of benzene rings is 1. The fourth-order valence-electron chi connectivity index (χ4n) is 2.23. The number of nitrogens with zero attached hydrogens (tertiary/aromatic N) is 4. The molecular formula is C15H11F4N7. The monoisotopic (exact) mass is 365 g/mol. The minimum Gasteiger partial charge on any atom is -0.291 e. The molecule has 0 radical (unpaired) electrons. The van der Waals surface area contributed by atoms with Crippen molar-refractivity contribution in [2.75, 3.05) is 0 Å². The van der Waals surface area contributed by atoms with Crippen LogP contribution in [0.3, 0.4) is 0 Å². The first kappa shape index (κ1) is 17.5. The highest BCUT2D eigenvalue weighted by Crippen LogP contribution is 2.27. The molecule has 0 saturated heterocycles. The Hall–Kier alpha value is -3.37. The standard InChI is InChI=1S/C15H11F4N7/c16-9-4-2-1-3-8(9)5-10-12(21)26(7-20)6-11(22-10)13-23-14(25-24-13)15(17,18)19/h1-4,6-7,20-21H,5H2,(H,23,24,25). The SMILES string of the molecule is N=Cn1cc(-c2n[nH]c(C(F)(F)F)n2)nc(Cc2ccccc2F)c1=N. The first-order valence-electron chi connectivity index (χ1n) is 7.20. The molecule has 3 aromatic rings. The van der Waals surface area contributed by atoms with Gasteiger partial charge in [-0.2, -0.15) is 18.3 Å². The molecule has 0 saturated carbocycles. The molecule has 3 N–H and O–H groups in total. The predicted molar refractivity (Wildman–Crippen MR) is 81.8 cm³/mol. The lowest BCUT2D eigenvalue weighted by atomic mass is 10.1. The molecule has 1 aromatic carbocycles. The third kappa shape index (κ3) is 3.36. The van der Waals surface area contributed by atoms with Gasteiger partial charge in [0.1, 0.15) is 11.5 Å². The lowest BCUT2D eigenvalue weighted by Crippen LogP contribution is -2.25. The third-order valence-electron chi connectivity index (χ3n) is 3.49. The number of aromatic amines is 1. The first-order chi connectivity index (χ1) is 12.3. The summed E-state index contributed by atoms with van der Waals surface area (Å²) < 4.78 is 52.9. The van der Waals surface area contributed by atoms with Crippen molar-refractivity contribution in [1.82, 2.24) is 24.7 Å². The Balaban J connectivity index is 2.08. The van der Waals surface area contributed by atoms with Crippen LogP contribution in [0.2, 0.25) is 0 Å². The summed E-state index contributed by atoms with van der Waals surface area (Å²) in [7, 11) is 0. The fraction of sp³-hybridized carbons (Fsp3) is 0.133. The van der Waals surface area contributed by atoms with E-state index in [-0.39, 0.29) is 34.7 Å². The summed E-state index contributed by atoms with van der Waals surface area (Å²) in [5, 5.41) is 20.6. The van der Waals surface area contributed by atoms with Gasteiger partial charge in [-0.05, 0) is 11.6 Å². The molecule has 0 aliphatic rings. The highest BCUT2D eigenvalue weighted by atomic mass is 19.4. The van der Waals surface area contributed by atoms with Crippen molar-refractivity contribution in [1.29, 1.82) is 10.8 Å². The van der Waals surface area contributed by atoms with Gasteiger partial charge in [0.15, 0.2) is 5.49 Å². The summed E-state index contributed by atoms with van der Waals surface area (Å²) in [6.07, 6.45) is -2.84. The Kier molecular flexibility index (Phi) is 4.36. The quantitative estimate of drug-likeness (QED) is 0.375. The Labute approximate surface area is 143 Å². The van der Waals surface area contributed by atoms with Crippen LogP contribution in [0.4, 0.5) is 17.6 Å². The molecule has 7 nitrogen and oxygen atoms in total. The number of halogens is 4. The van der Waals surface area contributed by atoms with Gasteiger partial charge in [-0.15, -0.1) is 0 Å². The van der Waals surface area contributed by atoms with E-state index >= 15 is 0 Å². The van der Waals surface area contributed by atoms with Gasteiger partial charge in [-0.25, -0.2) is 14.4 Å². The van der Waals surface area contributed by atoms with E-state index in [2.05, 4.69) is 15.1 Å². The smallest absolute Gasteiger partial charge is 0.291 e. The zero-order valence-electron chi connectivity index (χ0n) is 13.0. The highest BCUT2D eigenvalue weighted by molar-refractivity contribution is 5.58. The van der Waals surface area contributed by atoms with Crippen LogP contribution in [0.25, 0.3) is 11.5 Å². The number of nitrogens with one attached hydrogen (secondary N) is 3. The zero-order chi connectivity index (χ0) is 18.9. The largest absolute Gasteiger partial charge is 0.451 e. The molecule has 0 aliphatic heterocycles. The van der Waals surface area contributed by atoms with Gasteiger partial charge in [0.25, 0.3) is 0 Å². The van der Waals surface area contributed by atoms with E-state index < -0.39 is 17.8 Å². The van der Waals surface area contributed by atoms with Crippen molar-refractivity contribution in [2.24, 2.45) is 0 Å². The number of aromatic nitrogens is 5. The van der Waals surface area contributed by atoms with Gasteiger partial charge in [-0.1, -0.05) is 18.2 Å². The molecule has 0 fully saturated rings. The van der Waals surface area contributed by atoms with E-state index in [1.54, 1.807) is 11.2 Å². The molecule has 2 heterocycles. The number of rotatable bonds is 4. The maximum atomic E-state index is 13.9. The third-order valence-corrected chi connectivity index (χ3v) is 3.49. The van der Waals surface area contributed by atoms with E-state index in [1.807, 2.05) is 0 Å². The first-order valence-corrected chi connectivity index (χ1v) is 7.20. The average molecular weight is 365 g/mol. The summed E-state index contributed by atoms with van der Waals surface area (Å²) in [4.78, 5) is 7.44. The highest BCUT2D eigenvalue weighted by Gasteiger charge is 2.35. The van der Waals surface area contributed by atoms with Gasteiger partial charge >= 0.3 is 6.18 Å². The normalized spacial score (nSPS) is 11.5. The molecule has 0 atom stereocenters. The molecule has 3 rings (SSSR count). The van der Waals surface area contributed by atoms with E-state index in [1.165, 1.54) is 18.2 Å². The molecule has 0 aliphatic carbocycles. The molecule has 0 amide bonds. The van der Waals surface area contributed by atoms with Crippen molar-refractivity contribution in [3.8, 4) is 11.5 Å². The van der Waals surface area contributed by atoms with E-state index in [4.69, 9.17) is 10.8 Å². The molecule has 26 heavy (non-hydrogen) atoms. The molecule has 134 valence electrons. The second kappa shape index (κ2) is 6.50. The van der Waals surface area contributed by atoms with E-state index in [0.717, 1.165) is 17.1 Å². The van der Waals surface area contributed by atoms with Crippen molar-refractivity contribution >= 4 is 6.34 Å². The summed E-state index contributed by atoms with van der Waals surface area (Å²) in [6, 6.07) is 5.88. The van der Waals surface area contributed by atoms with E-state index in [9.17, 15) is 17.6 Å². The fourth-order valence-corrected chi connectivity index (χ4v) is 2.23. The van der Waals surface area contributed by atoms with Crippen LogP contribution in [0.15, 0.2) is 30.5 Å². The van der Waals surface area contributed by atoms with Crippen LogP contribution in [0, 0.1) is 16.6 Å². The minimum atomic E-state index is -4.70. The van der Waals surface area contributed by atoms with Crippen LogP contribution in [-0.2, 0) is 12.6 Å². The lowest BCUT2D eigenvalue weighted by Gasteiger charge is -2.08. The number of hydrogen-bond donors (Lipinski definition) is 3. The zero-order valence-corrected chi connectivity index (χ0v) is 13.0. The number of alkyl halides is 3. The van der Waals surface area contributed by atoms with Gasteiger partial charge in [-0.3, -0.25) is 20.5 Å². The van der Waals surface area contributed by atoms with Crippen LogP contribution in [0.1, 0.15) is 17.1 Å². The summed E-state index contributed by atoms with van der Waals surface area (Å²) >= 11 is 0. The van der Waals surface area contributed by atoms with Crippen molar-refractivity contribution < 1.29 is 17.6 Å². The van der Waals surface area contributed by atoms with E-state index in [0.29, 0.717) is 0 Å². The molecule has 0 unspecified atom stereocenters. The predicted octanol–water partition coefficient (Wildman–Crippen LogP) is 2.35. The molecule has 0 bridgehead atoms. The van der Waals surface area contributed by atoms with Crippen LogP contribution >= 0.6 is 0 Å². The van der Waals surface area contributed by atoms with Crippen LogP contribution in [-0.4, -0.2) is 31.1 Å². The molecule has 2 aromatic heterocycles. The molecule has 0 spiro atoms. The molecular weight excluding hydrogens is 354 g/mol. The van der Waals surface area contributed by atoms with Crippen molar-refractivity contribution in [2.45, 2.75) is 12.6 Å². The lowest BCUT2D eigenvalue weighted by molar-refractivity contribution is -0.144. The van der Waals surface area contributed by atoms with Gasteiger partial charge in [0.05, 0.1) is 12.0 Å². The number of hydrogen-bond acceptors (Lipinski definition) is 5. The second-order valence-corrected chi connectivity index (χ2v) is 5.23. The van der Waals surface area contributed by atoms with Crippen molar-refractivity contribution in [3.05, 3.63) is 58.8 Å². The minimum absolute atomic E-state index is 0.0643. The second-order valence-electron chi connectivity index (χ2n) is 5.23. The topological polar surface area (TPSA) is 107 Å². The van der Waals surface area contributed by atoms with Gasteiger partial charge in [0.2, 0.25) is 11.6 Å². The average Bonchev–Trinajstić information content (AvgIpc) is 3.09. The molecule has 11 heteroatoms. The Morgan fingerprint density at radius 2 is 1.92 bits per heavy atom. The summed E-state index contributed by atoms with van der Waals surface area (Å²) in [6.45, 7) is 0. The van der Waals surface area contributed by atoms with Gasteiger partial charge < -0.3 is 0 Å². The summed E-state index contributed by atoms with van der Waals surface area (Å²) in [5.74, 6) is -2.14.